The first-order chi connectivity index (χ1) is 12.2. The van der Waals surface area contributed by atoms with E-state index < -0.39 is 43.0 Å². The van der Waals surface area contributed by atoms with E-state index in [1.807, 2.05) is 6.07 Å². The molecule has 0 saturated carbocycles. The summed E-state index contributed by atoms with van der Waals surface area (Å²) in [4.78, 5) is 38.0. The molecular weight excluding hydrogens is 353 g/mol. The average molecular weight is 370 g/mol. The van der Waals surface area contributed by atoms with Gasteiger partial charge in [0, 0.05) is 25.2 Å². The van der Waals surface area contributed by atoms with Gasteiger partial charge in [0.1, 0.15) is 6.54 Å². The molecule has 1 N–H and O–H groups in total. The molecule has 6 nitrogen and oxygen atoms in total. The van der Waals surface area contributed by atoms with Crippen LogP contribution in [-0.4, -0.2) is 53.6 Å². The molecule has 26 heavy (non-hydrogen) atoms. The summed E-state index contributed by atoms with van der Waals surface area (Å²) in [6, 6.07) is 7.03. The lowest BCUT2D eigenvalue weighted by molar-refractivity contribution is -0.227. The summed E-state index contributed by atoms with van der Waals surface area (Å²) in [7, 11) is 0. The van der Waals surface area contributed by atoms with Crippen LogP contribution < -0.4 is 4.90 Å². The highest BCUT2D eigenvalue weighted by molar-refractivity contribution is 6.01. The van der Waals surface area contributed by atoms with Crippen LogP contribution in [0.5, 0.6) is 0 Å². The van der Waals surface area contributed by atoms with Gasteiger partial charge in [0.15, 0.2) is 5.41 Å². The van der Waals surface area contributed by atoms with E-state index >= 15 is 0 Å². The number of carboxylic acids is 1. The third-order valence-electron chi connectivity index (χ3n) is 5.06. The first-order valence-electron chi connectivity index (χ1n) is 8.12. The molecular formula is C17H17F3N2O4. The second-order valence-electron chi connectivity index (χ2n) is 6.56. The minimum atomic E-state index is -4.96. The maximum Gasteiger partial charge on any atom is 0.406 e. The van der Waals surface area contributed by atoms with E-state index in [4.69, 9.17) is 5.11 Å². The highest BCUT2D eigenvalue weighted by Crippen LogP contribution is 2.45. The summed E-state index contributed by atoms with van der Waals surface area (Å²) in [5.74, 6) is -2.96. The molecule has 1 unspecified atom stereocenters. The van der Waals surface area contributed by atoms with Gasteiger partial charge in [0.05, 0.1) is 0 Å². The Bertz CT molecular complexity index is 765. The molecule has 9 heteroatoms. The Balaban J connectivity index is 1.78. The number of aliphatic carboxylic acids is 1. The Hall–Kier alpha value is -2.58. The summed E-state index contributed by atoms with van der Waals surface area (Å²) < 4.78 is 39.7. The minimum Gasteiger partial charge on any atom is -0.481 e. The van der Waals surface area contributed by atoms with Crippen LogP contribution in [0, 0.1) is 5.41 Å². The number of hydrogen-bond donors (Lipinski definition) is 1. The lowest BCUT2D eigenvalue weighted by Gasteiger charge is -2.31. The quantitative estimate of drug-likeness (QED) is 0.881. The molecule has 0 spiro atoms. The molecule has 3 rings (SSSR count). The van der Waals surface area contributed by atoms with Crippen molar-refractivity contribution in [2.24, 2.45) is 5.41 Å². The van der Waals surface area contributed by atoms with Crippen molar-refractivity contribution >= 4 is 23.5 Å². The first-order valence-corrected chi connectivity index (χ1v) is 8.12. The summed E-state index contributed by atoms with van der Waals surface area (Å²) in [6.45, 7) is -1.65. The van der Waals surface area contributed by atoms with Crippen LogP contribution >= 0.6 is 0 Å². The van der Waals surface area contributed by atoms with E-state index in [-0.39, 0.29) is 18.9 Å². The molecule has 1 fully saturated rings. The Labute approximate surface area is 147 Å². The van der Waals surface area contributed by atoms with E-state index in [2.05, 4.69) is 0 Å². The van der Waals surface area contributed by atoms with Gasteiger partial charge in [-0.2, -0.15) is 13.2 Å². The monoisotopic (exact) mass is 370 g/mol. The van der Waals surface area contributed by atoms with E-state index in [1.165, 1.54) is 4.90 Å². The number of likely N-dealkylation sites (tertiary alicyclic amines) is 1. The molecule has 1 saturated heterocycles. The zero-order chi connectivity index (χ0) is 19.1. The number of benzene rings is 1. The van der Waals surface area contributed by atoms with Crippen LogP contribution in [0.3, 0.4) is 0 Å². The number of para-hydroxylation sites is 1. The molecule has 2 heterocycles. The maximum absolute atomic E-state index is 13.2. The zero-order valence-electron chi connectivity index (χ0n) is 13.8. The molecule has 1 aromatic carbocycles. The minimum absolute atomic E-state index is 0.214. The number of anilines is 1. The fraction of sp³-hybridized carbons (Fsp3) is 0.471. The number of carboxylic acid groups (broad SMARTS) is 1. The molecule has 0 aliphatic carbocycles. The molecule has 1 atom stereocenters. The second-order valence-corrected chi connectivity index (χ2v) is 6.56. The van der Waals surface area contributed by atoms with Crippen LogP contribution in [0.15, 0.2) is 24.3 Å². The number of rotatable bonds is 3. The van der Waals surface area contributed by atoms with Crippen LogP contribution in [0.25, 0.3) is 0 Å². The topological polar surface area (TPSA) is 77.9 Å². The number of carbonyl (C=O) groups is 3. The van der Waals surface area contributed by atoms with Crippen molar-refractivity contribution in [3.05, 3.63) is 29.8 Å². The Morgan fingerprint density at radius 2 is 1.88 bits per heavy atom. The van der Waals surface area contributed by atoms with Gasteiger partial charge in [-0.15, -0.1) is 0 Å². The van der Waals surface area contributed by atoms with Gasteiger partial charge in [-0.3, -0.25) is 14.4 Å². The lowest BCUT2D eigenvalue weighted by Crippen LogP contribution is -2.49. The van der Waals surface area contributed by atoms with Crippen LogP contribution in [0.1, 0.15) is 18.4 Å². The summed E-state index contributed by atoms with van der Waals surface area (Å²) in [5, 5.41) is 9.07. The predicted molar refractivity (Wildman–Crippen MR) is 84.4 cm³/mol. The number of hydrogen-bond acceptors (Lipinski definition) is 3. The van der Waals surface area contributed by atoms with Gasteiger partial charge in [0.2, 0.25) is 11.8 Å². The highest BCUT2D eigenvalue weighted by Gasteiger charge is 2.64. The van der Waals surface area contributed by atoms with Crippen molar-refractivity contribution in [1.82, 2.24) is 4.90 Å². The van der Waals surface area contributed by atoms with Crippen molar-refractivity contribution in [3.8, 4) is 0 Å². The average Bonchev–Trinajstić information content (AvgIpc) is 3.04. The number of alkyl halides is 3. The number of nitrogens with zero attached hydrogens (tertiary/aromatic N) is 2. The molecule has 0 radical (unpaired) electrons. The van der Waals surface area contributed by atoms with Crippen molar-refractivity contribution in [2.45, 2.75) is 25.4 Å². The number of amides is 2. The zero-order valence-corrected chi connectivity index (χ0v) is 13.8. The van der Waals surface area contributed by atoms with Gasteiger partial charge in [0.25, 0.3) is 0 Å². The largest absolute Gasteiger partial charge is 0.481 e. The van der Waals surface area contributed by atoms with E-state index in [0.29, 0.717) is 12.1 Å². The highest BCUT2D eigenvalue weighted by atomic mass is 19.4. The normalized spacial score (nSPS) is 23.1. The Morgan fingerprint density at radius 3 is 2.50 bits per heavy atom. The standard InChI is InChI=1S/C17H17F3N2O4/c18-17(19,20)16(15(25)26)7-8-21(10-16)14(24)9-22-12-4-2-1-3-11(12)5-6-13(22)23/h1-4H,5-10H2,(H,25,26). The van der Waals surface area contributed by atoms with Gasteiger partial charge in [-0.05, 0) is 24.5 Å². The Morgan fingerprint density at radius 1 is 1.19 bits per heavy atom. The number of fused-ring (bicyclic) bond motifs is 1. The molecule has 2 aliphatic rings. The van der Waals surface area contributed by atoms with Gasteiger partial charge < -0.3 is 14.9 Å². The summed E-state index contributed by atoms with van der Waals surface area (Å²) >= 11 is 0. The van der Waals surface area contributed by atoms with Gasteiger partial charge >= 0.3 is 12.1 Å². The van der Waals surface area contributed by atoms with Gasteiger partial charge in [-0.1, -0.05) is 18.2 Å². The van der Waals surface area contributed by atoms with Crippen LogP contribution in [0.2, 0.25) is 0 Å². The second kappa shape index (κ2) is 6.30. The first kappa shape index (κ1) is 18.2. The van der Waals surface area contributed by atoms with E-state index in [9.17, 15) is 27.6 Å². The third kappa shape index (κ3) is 2.91. The van der Waals surface area contributed by atoms with Crippen molar-refractivity contribution in [2.75, 3.05) is 24.5 Å². The van der Waals surface area contributed by atoms with Crippen molar-refractivity contribution in [1.29, 1.82) is 0 Å². The number of aryl methyl sites for hydroxylation is 1. The lowest BCUT2D eigenvalue weighted by atomic mass is 9.86. The van der Waals surface area contributed by atoms with E-state index in [1.54, 1.807) is 18.2 Å². The smallest absolute Gasteiger partial charge is 0.406 e. The summed E-state index contributed by atoms with van der Waals surface area (Å²) in [6.07, 6.45) is -4.89. The molecule has 2 amide bonds. The maximum atomic E-state index is 13.2. The number of carbonyl (C=O) groups excluding carboxylic acids is 2. The van der Waals surface area contributed by atoms with Crippen LogP contribution in [0.4, 0.5) is 18.9 Å². The van der Waals surface area contributed by atoms with Crippen LogP contribution in [-0.2, 0) is 20.8 Å². The fourth-order valence-electron chi connectivity index (χ4n) is 3.45. The number of halogens is 3. The molecule has 0 aromatic heterocycles. The molecule has 1 aromatic rings. The van der Waals surface area contributed by atoms with Gasteiger partial charge in [-0.25, -0.2) is 0 Å². The predicted octanol–water partition coefficient (Wildman–Crippen LogP) is 1.83. The van der Waals surface area contributed by atoms with E-state index in [0.717, 1.165) is 10.5 Å². The fourth-order valence-corrected chi connectivity index (χ4v) is 3.45. The van der Waals surface area contributed by atoms with Crippen molar-refractivity contribution < 1.29 is 32.7 Å². The summed E-state index contributed by atoms with van der Waals surface area (Å²) in [5.41, 5.74) is -1.50. The SMILES string of the molecule is O=C(CN1C(=O)CCc2ccccc21)N1CCC(C(=O)O)(C(F)(F)F)C1. The molecule has 2 aliphatic heterocycles. The third-order valence-corrected chi connectivity index (χ3v) is 5.06. The Kier molecular flexibility index (Phi) is 4.41. The molecule has 140 valence electrons. The molecule has 0 bridgehead atoms. The van der Waals surface area contributed by atoms with Crippen molar-refractivity contribution in [3.63, 3.8) is 0 Å².